The quantitative estimate of drug-likeness (QED) is 0.487. The fourth-order valence-electron chi connectivity index (χ4n) is 5.18. The van der Waals surface area contributed by atoms with Gasteiger partial charge in [-0.1, -0.05) is 12.1 Å². The molecule has 192 valence electrons. The number of alkyl halides is 3. The molecule has 2 aromatic heterocycles. The van der Waals surface area contributed by atoms with Crippen LogP contribution in [-0.4, -0.2) is 56.4 Å². The summed E-state index contributed by atoms with van der Waals surface area (Å²) in [6.07, 6.45) is -0.344. The number of benzene rings is 1. The van der Waals surface area contributed by atoms with Crippen molar-refractivity contribution in [3.05, 3.63) is 66.4 Å². The molecule has 0 radical (unpaired) electrons. The summed E-state index contributed by atoms with van der Waals surface area (Å²) < 4.78 is 49.2. The first-order valence-corrected chi connectivity index (χ1v) is 11.8. The number of hydrogen-bond donors (Lipinski definition) is 1. The number of imidazole rings is 1. The highest BCUT2D eigenvalue weighted by Gasteiger charge is 2.56. The molecular formula is C25H28F3N5O3. The number of piperidine rings is 1. The van der Waals surface area contributed by atoms with Crippen LogP contribution < -0.4 is 9.47 Å². The number of ether oxygens (including phenoxy) is 2. The average Bonchev–Trinajstić information content (AvgIpc) is 3.33. The minimum absolute atomic E-state index is 0.0965. The largest absolute Gasteiger partial charge is 0.573 e. The third-order valence-electron chi connectivity index (χ3n) is 7.09. The van der Waals surface area contributed by atoms with Crippen LogP contribution in [0.3, 0.4) is 0 Å². The van der Waals surface area contributed by atoms with E-state index in [9.17, 15) is 18.0 Å². The van der Waals surface area contributed by atoms with Gasteiger partial charge in [0.15, 0.2) is 0 Å². The lowest BCUT2D eigenvalue weighted by molar-refractivity contribution is -0.274. The second-order valence-electron chi connectivity index (χ2n) is 9.57. The molecule has 1 aromatic carbocycles. The molecule has 3 heterocycles. The van der Waals surface area contributed by atoms with E-state index in [0.29, 0.717) is 29.9 Å². The third kappa shape index (κ3) is 5.51. The first kappa shape index (κ1) is 24.2. The number of nitrogens with one attached hydrogen (secondary N) is 1. The van der Waals surface area contributed by atoms with Crippen LogP contribution in [-0.2, 0) is 13.6 Å². The lowest BCUT2D eigenvalue weighted by atomic mass is 10.1. The van der Waals surface area contributed by atoms with Gasteiger partial charge in [0, 0.05) is 51.2 Å². The van der Waals surface area contributed by atoms with Gasteiger partial charge in [0.25, 0.3) is 0 Å². The number of likely N-dealkylation sites (tertiary alicyclic amines) is 1. The van der Waals surface area contributed by atoms with Crippen molar-refractivity contribution in [1.82, 2.24) is 24.3 Å². The Balaban J connectivity index is 1.26. The highest BCUT2D eigenvalue weighted by atomic mass is 19.4. The van der Waals surface area contributed by atoms with Gasteiger partial charge in [-0.3, -0.25) is 4.90 Å². The molecule has 0 bridgehead atoms. The lowest BCUT2D eigenvalue weighted by Gasteiger charge is -2.28. The topological polar surface area (TPSA) is 75.6 Å². The van der Waals surface area contributed by atoms with Crippen LogP contribution >= 0.6 is 0 Å². The molecule has 1 saturated carbocycles. The zero-order valence-electron chi connectivity index (χ0n) is 20.0. The van der Waals surface area contributed by atoms with Crippen molar-refractivity contribution in [2.24, 2.45) is 24.8 Å². The maximum Gasteiger partial charge on any atom is 0.573 e. The van der Waals surface area contributed by atoms with E-state index in [-0.39, 0.29) is 24.2 Å². The van der Waals surface area contributed by atoms with E-state index in [1.807, 2.05) is 12.3 Å². The minimum Gasteiger partial charge on any atom is -0.406 e. The summed E-state index contributed by atoms with van der Waals surface area (Å²) in [7, 11) is 1.76. The summed E-state index contributed by atoms with van der Waals surface area (Å²) in [6.45, 7) is 4.61. The average molecular weight is 504 g/mol. The summed E-state index contributed by atoms with van der Waals surface area (Å²) in [6, 6.07) is 10.0. The standard InChI is InChI=1S/C25H28F3N5O3/c1-16(22-7-4-8-29-22)32-11-19-20(12-32)21(19)13-33(24(34)35-23-14-31(2)15-30-23)10-17-5-3-6-18(9-17)36-25(26,27)28/h3-9,14-16,19-21,29H,10-13H2,1-2H3. The van der Waals surface area contributed by atoms with Crippen molar-refractivity contribution in [2.45, 2.75) is 25.9 Å². The number of nitrogens with zero attached hydrogens (tertiary/aromatic N) is 4. The molecule has 1 aliphatic carbocycles. The van der Waals surface area contributed by atoms with Gasteiger partial charge in [-0.2, -0.15) is 0 Å². The van der Waals surface area contributed by atoms with Gasteiger partial charge in [0.05, 0.1) is 12.5 Å². The number of aromatic amines is 1. The summed E-state index contributed by atoms with van der Waals surface area (Å²) in [5.41, 5.74) is 1.69. The Morgan fingerprint density at radius 3 is 2.67 bits per heavy atom. The molecule has 1 aliphatic heterocycles. The Morgan fingerprint density at radius 1 is 1.25 bits per heavy atom. The smallest absolute Gasteiger partial charge is 0.406 e. The van der Waals surface area contributed by atoms with Crippen LogP contribution in [0.4, 0.5) is 18.0 Å². The number of amides is 1. The van der Waals surface area contributed by atoms with Gasteiger partial charge in [0.2, 0.25) is 5.88 Å². The maximum absolute atomic E-state index is 13.1. The number of fused-ring (bicyclic) bond motifs is 1. The molecule has 3 unspecified atom stereocenters. The Morgan fingerprint density at radius 2 is 2.03 bits per heavy atom. The van der Waals surface area contributed by atoms with E-state index in [2.05, 4.69) is 32.6 Å². The second kappa shape index (κ2) is 9.53. The molecule has 1 amide bonds. The molecule has 1 saturated heterocycles. The van der Waals surface area contributed by atoms with Crippen molar-refractivity contribution < 1.29 is 27.4 Å². The van der Waals surface area contributed by atoms with E-state index >= 15 is 0 Å². The number of halogens is 3. The fourth-order valence-corrected chi connectivity index (χ4v) is 5.18. The van der Waals surface area contributed by atoms with Crippen molar-refractivity contribution in [3.8, 4) is 11.6 Å². The Hall–Kier alpha value is -3.47. The molecule has 3 atom stereocenters. The predicted octanol–water partition coefficient (Wildman–Crippen LogP) is 4.59. The van der Waals surface area contributed by atoms with E-state index in [1.54, 1.807) is 28.8 Å². The second-order valence-corrected chi connectivity index (χ2v) is 9.57. The van der Waals surface area contributed by atoms with Crippen LogP contribution in [0, 0.1) is 17.8 Å². The molecule has 1 N–H and O–H groups in total. The number of hydrogen-bond acceptors (Lipinski definition) is 5. The van der Waals surface area contributed by atoms with Gasteiger partial charge in [-0.15, -0.1) is 13.2 Å². The number of carbonyl (C=O) groups is 1. The zero-order valence-corrected chi connectivity index (χ0v) is 20.0. The Labute approximate surface area is 206 Å². The molecule has 2 fully saturated rings. The summed E-state index contributed by atoms with van der Waals surface area (Å²) >= 11 is 0. The number of aryl methyl sites for hydroxylation is 1. The molecule has 8 nitrogen and oxygen atoms in total. The van der Waals surface area contributed by atoms with E-state index in [1.165, 1.54) is 30.2 Å². The number of carbonyl (C=O) groups excluding carboxylic acids is 1. The minimum atomic E-state index is -4.79. The highest BCUT2D eigenvalue weighted by Crippen LogP contribution is 2.53. The van der Waals surface area contributed by atoms with Gasteiger partial charge in [-0.05, 0) is 54.5 Å². The highest BCUT2D eigenvalue weighted by molar-refractivity contribution is 5.70. The number of aromatic nitrogens is 3. The molecular weight excluding hydrogens is 475 g/mol. The van der Waals surface area contributed by atoms with Crippen molar-refractivity contribution >= 4 is 6.09 Å². The van der Waals surface area contributed by atoms with Gasteiger partial charge in [0.1, 0.15) is 5.75 Å². The zero-order chi connectivity index (χ0) is 25.4. The summed E-state index contributed by atoms with van der Waals surface area (Å²) in [5.74, 6) is 1.08. The van der Waals surface area contributed by atoms with E-state index in [0.717, 1.165) is 13.1 Å². The molecule has 0 spiro atoms. The monoisotopic (exact) mass is 503 g/mol. The van der Waals surface area contributed by atoms with Gasteiger partial charge < -0.3 is 23.9 Å². The van der Waals surface area contributed by atoms with Gasteiger partial charge in [-0.25, -0.2) is 9.78 Å². The first-order valence-electron chi connectivity index (χ1n) is 11.8. The van der Waals surface area contributed by atoms with Gasteiger partial charge >= 0.3 is 12.5 Å². The van der Waals surface area contributed by atoms with Crippen LogP contribution in [0.15, 0.2) is 55.1 Å². The number of rotatable bonds is 8. The predicted molar refractivity (Wildman–Crippen MR) is 124 cm³/mol. The Kier molecular flexibility index (Phi) is 6.42. The third-order valence-corrected chi connectivity index (χ3v) is 7.09. The van der Waals surface area contributed by atoms with Crippen LogP contribution in [0.25, 0.3) is 0 Å². The molecule has 3 aromatic rings. The molecule has 2 aliphatic rings. The van der Waals surface area contributed by atoms with Crippen molar-refractivity contribution in [3.63, 3.8) is 0 Å². The van der Waals surface area contributed by atoms with Crippen LogP contribution in [0.2, 0.25) is 0 Å². The SMILES string of the molecule is CC(c1ccc[nH]1)N1CC2C(CN(Cc3cccc(OC(F)(F)F)c3)C(=O)Oc3cn(C)cn3)C2C1. The van der Waals surface area contributed by atoms with E-state index in [4.69, 9.17) is 4.74 Å². The van der Waals surface area contributed by atoms with Crippen LogP contribution in [0.1, 0.15) is 24.2 Å². The maximum atomic E-state index is 13.1. The number of H-pyrrole nitrogens is 1. The van der Waals surface area contributed by atoms with Crippen LogP contribution in [0.5, 0.6) is 11.6 Å². The van der Waals surface area contributed by atoms with Crippen molar-refractivity contribution in [1.29, 1.82) is 0 Å². The van der Waals surface area contributed by atoms with Crippen molar-refractivity contribution in [2.75, 3.05) is 19.6 Å². The normalized spacial score (nSPS) is 22.2. The molecule has 11 heteroatoms. The summed E-state index contributed by atoms with van der Waals surface area (Å²) in [4.78, 5) is 24.4. The molecule has 36 heavy (non-hydrogen) atoms. The summed E-state index contributed by atoms with van der Waals surface area (Å²) in [5, 5.41) is 0. The Bertz CT molecular complexity index is 1180. The first-order chi connectivity index (χ1) is 17.2. The lowest BCUT2D eigenvalue weighted by Crippen LogP contribution is -2.37. The molecule has 5 rings (SSSR count). The fraction of sp³-hybridized carbons (Fsp3) is 0.440. The van der Waals surface area contributed by atoms with E-state index < -0.39 is 12.5 Å².